The Kier molecular flexibility index (Phi) is 9.50. The first kappa shape index (κ1) is 26.2. The van der Waals surface area contributed by atoms with E-state index in [1.807, 2.05) is 26.8 Å². The maximum Gasteiger partial charge on any atom is 0.251 e. The van der Waals surface area contributed by atoms with E-state index in [2.05, 4.69) is 39.4 Å². The van der Waals surface area contributed by atoms with Crippen LogP contribution in [0.3, 0.4) is 0 Å². The van der Waals surface area contributed by atoms with Gasteiger partial charge in [0.15, 0.2) is 0 Å². The zero-order valence-corrected chi connectivity index (χ0v) is 21.5. The summed E-state index contributed by atoms with van der Waals surface area (Å²) in [6, 6.07) is 15.3. The van der Waals surface area contributed by atoms with Gasteiger partial charge in [0.1, 0.15) is 0 Å². The Balaban J connectivity index is 1.43. The first-order valence-electron chi connectivity index (χ1n) is 12.3. The standard InChI is InChI=1S/C26H38N4O3S/c1-4-30(5-2)34(32,33)24-14-13-22(3)25(21-24)26(31)27-15-9-10-16-28-17-19-29(20-18-28)23-11-7-6-8-12-23/h6-8,11-14,21H,4-5,9-10,15-20H2,1-3H3,(H,27,31). The molecule has 7 nitrogen and oxygen atoms in total. The first-order valence-corrected chi connectivity index (χ1v) is 13.7. The van der Waals surface area contributed by atoms with Crippen LogP contribution in [0.25, 0.3) is 0 Å². The summed E-state index contributed by atoms with van der Waals surface area (Å²) in [4.78, 5) is 17.8. The number of anilines is 1. The fraction of sp³-hybridized carbons (Fsp3) is 0.500. The van der Waals surface area contributed by atoms with E-state index in [1.54, 1.807) is 12.1 Å². The summed E-state index contributed by atoms with van der Waals surface area (Å²) in [7, 11) is -3.59. The molecule has 1 heterocycles. The van der Waals surface area contributed by atoms with Crippen LogP contribution in [0.1, 0.15) is 42.6 Å². The zero-order chi connectivity index (χ0) is 24.6. The van der Waals surface area contributed by atoms with Crippen molar-refractivity contribution in [3.8, 4) is 0 Å². The van der Waals surface area contributed by atoms with Crippen LogP contribution >= 0.6 is 0 Å². The predicted molar refractivity (Wildman–Crippen MR) is 138 cm³/mol. The number of aryl methyl sites for hydroxylation is 1. The maximum atomic E-state index is 12.8. The summed E-state index contributed by atoms with van der Waals surface area (Å²) in [5.74, 6) is -0.217. The van der Waals surface area contributed by atoms with Gasteiger partial charge in [-0.2, -0.15) is 4.31 Å². The van der Waals surface area contributed by atoms with E-state index in [9.17, 15) is 13.2 Å². The highest BCUT2D eigenvalue weighted by Gasteiger charge is 2.23. The van der Waals surface area contributed by atoms with Gasteiger partial charge in [0.05, 0.1) is 4.90 Å². The third-order valence-corrected chi connectivity index (χ3v) is 8.52. The molecule has 8 heteroatoms. The monoisotopic (exact) mass is 486 g/mol. The molecule has 1 saturated heterocycles. The average molecular weight is 487 g/mol. The quantitative estimate of drug-likeness (QED) is 0.493. The van der Waals surface area contributed by atoms with E-state index >= 15 is 0 Å². The van der Waals surface area contributed by atoms with Crippen molar-refractivity contribution in [1.82, 2.24) is 14.5 Å². The van der Waals surface area contributed by atoms with Crippen LogP contribution in [-0.2, 0) is 10.0 Å². The number of benzene rings is 2. The SMILES string of the molecule is CCN(CC)S(=O)(=O)c1ccc(C)c(C(=O)NCCCCN2CCN(c3ccccc3)CC2)c1. The first-order chi connectivity index (χ1) is 16.4. The van der Waals surface area contributed by atoms with Crippen molar-refractivity contribution in [3.05, 3.63) is 59.7 Å². The molecule has 0 radical (unpaired) electrons. The molecule has 1 N–H and O–H groups in total. The Morgan fingerprint density at radius 2 is 1.65 bits per heavy atom. The van der Waals surface area contributed by atoms with Crippen LogP contribution in [0.5, 0.6) is 0 Å². The molecule has 1 amide bonds. The zero-order valence-electron chi connectivity index (χ0n) is 20.7. The van der Waals surface area contributed by atoms with Gasteiger partial charge in [-0.25, -0.2) is 8.42 Å². The molecule has 0 unspecified atom stereocenters. The maximum absolute atomic E-state index is 12.8. The molecule has 34 heavy (non-hydrogen) atoms. The van der Waals surface area contributed by atoms with Crippen LogP contribution < -0.4 is 10.2 Å². The topological polar surface area (TPSA) is 73.0 Å². The van der Waals surface area contributed by atoms with Crippen LogP contribution in [0, 0.1) is 6.92 Å². The molecule has 0 saturated carbocycles. The number of carbonyl (C=O) groups excluding carboxylic acids is 1. The van der Waals surface area contributed by atoms with Crippen molar-refractivity contribution in [2.24, 2.45) is 0 Å². The second-order valence-corrected chi connectivity index (χ2v) is 10.6. The van der Waals surface area contributed by atoms with Gasteiger partial charge in [0, 0.05) is 57.1 Å². The summed E-state index contributed by atoms with van der Waals surface area (Å²) in [5.41, 5.74) is 2.48. The van der Waals surface area contributed by atoms with Gasteiger partial charge in [0.2, 0.25) is 10.0 Å². The van der Waals surface area contributed by atoms with E-state index < -0.39 is 10.0 Å². The number of carbonyl (C=O) groups is 1. The minimum absolute atomic E-state index is 0.168. The lowest BCUT2D eigenvalue weighted by Gasteiger charge is -2.36. The third-order valence-electron chi connectivity index (χ3n) is 6.48. The molecule has 1 fully saturated rings. The summed E-state index contributed by atoms with van der Waals surface area (Å²) in [5, 5.41) is 2.97. The largest absolute Gasteiger partial charge is 0.369 e. The number of hydrogen-bond donors (Lipinski definition) is 1. The lowest BCUT2D eigenvalue weighted by Crippen LogP contribution is -2.46. The lowest BCUT2D eigenvalue weighted by atomic mass is 10.1. The Morgan fingerprint density at radius 1 is 0.971 bits per heavy atom. The van der Waals surface area contributed by atoms with Crippen LogP contribution in [0.15, 0.2) is 53.4 Å². The molecule has 1 aliphatic heterocycles. The van der Waals surface area contributed by atoms with Crippen molar-refractivity contribution < 1.29 is 13.2 Å². The molecular formula is C26H38N4O3S. The van der Waals surface area contributed by atoms with Gasteiger partial charge in [-0.3, -0.25) is 9.69 Å². The summed E-state index contributed by atoms with van der Waals surface area (Å²) in [6.07, 6.45) is 1.90. The second-order valence-electron chi connectivity index (χ2n) is 8.69. The normalized spacial score (nSPS) is 15.0. The van der Waals surface area contributed by atoms with E-state index in [0.717, 1.165) is 51.1 Å². The average Bonchev–Trinajstić information content (AvgIpc) is 2.85. The predicted octanol–water partition coefficient (Wildman–Crippen LogP) is 3.36. The Bertz CT molecular complexity index is 1030. The second kappa shape index (κ2) is 12.3. The highest BCUT2D eigenvalue weighted by atomic mass is 32.2. The molecule has 186 valence electrons. The van der Waals surface area contributed by atoms with E-state index in [0.29, 0.717) is 25.2 Å². The third kappa shape index (κ3) is 6.58. The van der Waals surface area contributed by atoms with Gasteiger partial charge >= 0.3 is 0 Å². The molecule has 0 atom stereocenters. The van der Waals surface area contributed by atoms with Crippen molar-refractivity contribution in [2.45, 2.75) is 38.5 Å². The van der Waals surface area contributed by atoms with Crippen molar-refractivity contribution in [3.63, 3.8) is 0 Å². The molecule has 3 rings (SSSR count). The van der Waals surface area contributed by atoms with Crippen molar-refractivity contribution in [2.75, 3.05) is 57.3 Å². The summed E-state index contributed by atoms with van der Waals surface area (Å²) < 4.78 is 27.0. The van der Waals surface area contributed by atoms with E-state index in [1.165, 1.54) is 16.1 Å². The number of para-hydroxylation sites is 1. The molecule has 0 aromatic heterocycles. The fourth-order valence-corrected chi connectivity index (χ4v) is 5.83. The van der Waals surface area contributed by atoms with Crippen molar-refractivity contribution >= 4 is 21.6 Å². The Labute approximate surface area is 204 Å². The number of nitrogens with one attached hydrogen (secondary N) is 1. The number of unbranched alkanes of at least 4 members (excludes halogenated alkanes) is 1. The molecule has 2 aromatic carbocycles. The van der Waals surface area contributed by atoms with Gasteiger partial charge in [-0.15, -0.1) is 0 Å². The number of rotatable bonds is 11. The molecule has 1 aliphatic rings. The van der Waals surface area contributed by atoms with Crippen LogP contribution in [0.4, 0.5) is 5.69 Å². The fourth-order valence-electron chi connectivity index (χ4n) is 4.34. The van der Waals surface area contributed by atoms with E-state index in [4.69, 9.17) is 0 Å². The Hall–Kier alpha value is -2.42. The smallest absolute Gasteiger partial charge is 0.251 e. The minimum Gasteiger partial charge on any atom is -0.369 e. The molecular weight excluding hydrogens is 448 g/mol. The highest BCUT2D eigenvalue weighted by molar-refractivity contribution is 7.89. The Morgan fingerprint density at radius 3 is 2.29 bits per heavy atom. The molecule has 0 bridgehead atoms. The van der Waals surface area contributed by atoms with Crippen LogP contribution in [-0.4, -0.2) is 75.9 Å². The number of nitrogens with zero attached hydrogens (tertiary/aromatic N) is 3. The number of amides is 1. The number of sulfonamides is 1. The van der Waals surface area contributed by atoms with Crippen LogP contribution in [0.2, 0.25) is 0 Å². The summed E-state index contributed by atoms with van der Waals surface area (Å²) >= 11 is 0. The molecule has 2 aromatic rings. The highest BCUT2D eigenvalue weighted by Crippen LogP contribution is 2.20. The van der Waals surface area contributed by atoms with Crippen molar-refractivity contribution in [1.29, 1.82) is 0 Å². The van der Waals surface area contributed by atoms with E-state index in [-0.39, 0.29) is 10.8 Å². The van der Waals surface area contributed by atoms with Gasteiger partial charge in [-0.1, -0.05) is 38.1 Å². The molecule has 0 aliphatic carbocycles. The summed E-state index contributed by atoms with van der Waals surface area (Å²) in [6.45, 7) is 12.0. The molecule has 0 spiro atoms. The lowest BCUT2D eigenvalue weighted by molar-refractivity contribution is 0.0951. The number of hydrogen-bond acceptors (Lipinski definition) is 5. The number of piperazine rings is 1. The van der Waals surface area contributed by atoms with Gasteiger partial charge in [-0.05, 0) is 56.1 Å². The minimum atomic E-state index is -3.59. The van der Waals surface area contributed by atoms with Gasteiger partial charge < -0.3 is 10.2 Å². The van der Waals surface area contributed by atoms with Gasteiger partial charge in [0.25, 0.3) is 5.91 Å².